The van der Waals surface area contributed by atoms with Crippen LogP contribution < -0.4 is 31.3 Å². The zero-order valence-corrected chi connectivity index (χ0v) is 22.2. The van der Waals surface area contributed by atoms with Crippen LogP contribution in [0.15, 0.2) is 120 Å². The summed E-state index contributed by atoms with van der Waals surface area (Å²) in [5, 5.41) is 1.32. The van der Waals surface area contributed by atoms with Crippen molar-refractivity contribution in [2.24, 2.45) is 0 Å². The van der Waals surface area contributed by atoms with Crippen molar-refractivity contribution < 1.29 is 44.4 Å². The molecule has 4 aromatic carbocycles. The molecule has 1 radical (unpaired) electrons. The first-order valence-corrected chi connectivity index (χ1v) is 15.6. The van der Waals surface area contributed by atoms with E-state index in [9.17, 15) is 22.4 Å². The molecule has 0 aliphatic rings. The van der Waals surface area contributed by atoms with Crippen molar-refractivity contribution in [3.05, 3.63) is 131 Å². The molecule has 38 heavy (non-hydrogen) atoms. The molecule has 6 rings (SSSR count). The average Bonchev–Trinajstić information content (AvgIpc) is 2.92. The predicted molar refractivity (Wildman–Crippen MR) is 135 cm³/mol. The molecule has 0 saturated heterocycles. The number of rotatable bonds is 5. The van der Waals surface area contributed by atoms with Gasteiger partial charge in [0.25, 0.3) is 0 Å². The molecule has 0 aliphatic carbocycles. The number of benzene rings is 4. The van der Waals surface area contributed by atoms with Crippen molar-refractivity contribution in [2.45, 2.75) is 4.90 Å². The number of hydrogen-bond donors (Lipinski definition) is 0. The van der Waals surface area contributed by atoms with Crippen molar-refractivity contribution in [1.82, 2.24) is 0 Å². The van der Waals surface area contributed by atoms with Crippen molar-refractivity contribution in [2.75, 3.05) is 0 Å². The van der Waals surface area contributed by atoms with Gasteiger partial charge in [0.05, 0.1) is 15.7 Å². The second-order valence-electron chi connectivity index (χ2n) is 8.22. The third kappa shape index (κ3) is 4.51. The minimum atomic E-state index is -4.32. The highest BCUT2D eigenvalue weighted by molar-refractivity contribution is 7.86. The molecule has 6 aromatic rings. The zero-order valence-electron chi connectivity index (χ0n) is 19.3. The van der Waals surface area contributed by atoms with Crippen LogP contribution in [0.4, 0.5) is 4.39 Å². The Hall–Kier alpha value is -3.87. The van der Waals surface area contributed by atoms with E-state index in [1.165, 1.54) is 6.07 Å². The van der Waals surface area contributed by atoms with Crippen LogP contribution in [0.25, 0.3) is 32.9 Å². The summed E-state index contributed by atoms with van der Waals surface area (Å²) in [6.45, 7) is 0. The van der Waals surface area contributed by atoms with Crippen LogP contribution in [-0.2, 0) is 12.6 Å². The summed E-state index contributed by atoms with van der Waals surface area (Å²) in [4.78, 5) is 24.9. The second kappa shape index (κ2) is 9.46. The fraction of sp³-hybridized carbons (Fsp3) is 0. The SMILES string of the molecule is O=c1ccc2ccc([I+](OS(=O)(=O)c3ccc(F)cc3)c3ccc4oc5ccccc5c(=O)c4c3)cc2o1. The van der Waals surface area contributed by atoms with Crippen molar-refractivity contribution in [3.63, 3.8) is 0 Å². The van der Waals surface area contributed by atoms with Crippen LogP contribution in [0.2, 0.25) is 0 Å². The first-order chi connectivity index (χ1) is 18.3. The van der Waals surface area contributed by atoms with Gasteiger partial charge in [-0.3, -0.25) is 4.79 Å². The Morgan fingerprint density at radius 3 is 2.18 bits per heavy atom. The van der Waals surface area contributed by atoms with Crippen LogP contribution in [0, 0.1) is 13.0 Å². The molecule has 0 unspecified atom stereocenters. The third-order valence-corrected chi connectivity index (χ3v) is 13.0. The minimum Gasteiger partial charge on any atom is -0.456 e. The number of hydrogen-bond acceptors (Lipinski definition) is 7. The van der Waals surface area contributed by atoms with Crippen LogP contribution in [0.1, 0.15) is 0 Å². The summed E-state index contributed by atoms with van der Waals surface area (Å²) < 4.78 is 58.0. The molecule has 0 bridgehead atoms. The van der Waals surface area contributed by atoms with Crippen molar-refractivity contribution in [3.8, 4) is 0 Å². The molecule has 7 nitrogen and oxygen atoms in total. The molecule has 0 aliphatic heterocycles. The van der Waals surface area contributed by atoms with Crippen molar-refractivity contribution in [1.29, 1.82) is 0 Å². The van der Waals surface area contributed by atoms with Gasteiger partial charge in [0.2, 0.25) is 5.43 Å². The maximum Gasteiger partial charge on any atom is 0.336 e. The molecule has 0 saturated carbocycles. The summed E-state index contributed by atoms with van der Waals surface area (Å²) in [5.74, 6) is -0.586. The molecule has 0 spiro atoms. The van der Waals surface area contributed by atoms with Gasteiger partial charge in [-0.2, -0.15) is 8.42 Å². The third-order valence-electron chi connectivity index (χ3n) is 5.77. The van der Waals surface area contributed by atoms with Gasteiger partial charge in [-0.05, 0) is 69.2 Å². The fourth-order valence-electron chi connectivity index (χ4n) is 3.94. The molecule has 0 fully saturated rings. The summed E-state index contributed by atoms with van der Waals surface area (Å²) in [5.41, 5.74) is 0.244. The zero-order chi connectivity index (χ0) is 26.4. The van der Waals surface area contributed by atoms with Gasteiger partial charge in [0.1, 0.15) is 22.6 Å². The quantitative estimate of drug-likeness (QED) is 0.161. The molecule has 2 aromatic heterocycles. The van der Waals surface area contributed by atoms with Crippen LogP contribution in [0.3, 0.4) is 0 Å². The Morgan fingerprint density at radius 1 is 0.684 bits per heavy atom. The molecule has 189 valence electrons. The summed E-state index contributed by atoms with van der Waals surface area (Å²) in [7, 11) is -4.32. The topological polar surface area (TPSA) is 104 Å². The summed E-state index contributed by atoms with van der Waals surface area (Å²) in [6, 6.07) is 23.9. The van der Waals surface area contributed by atoms with Gasteiger partial charge in [0.15, 0.2) is 7.14 Å². The van der Waals surface area contributed by atoms with Crippen LogP contribution in [0.5, 0.6) is 0 Å². The number of halogens is 2. The van der Waals surface area contributed by atoms with Crippen LogP contribution in [-0.4, -0.2) is 8.42 Å². The molecule has 0 N–H and O–H groups in total. The number of para-hydroxylation sites is 1. The largest absolute Gasteiger partial charge is 0.456 e. The lowest BCUT2D eigenvalue weighted by molar-refractivity contribution is -1.03. The van der Waals surface area contributed by atoms with Crippen LogP contribution >= 0.6 is 0 Å². The smallest absolute Gasteiger partial charge is 0.336 e. The Balaban J connectivity index is 1.55. The first kappa shape index (κ1) is 24.5. The van der Waals surface area contributed by atoms with E-state index in [0.717, 1.165) is 24.3 Å². The van der Waals surface area contributed by atoms with Gasteiger partial charge in [0, 0.05) is 23.6 Å². The highest BCUT2D eigenvalue weighted by Crippen LogP contribution is 2.18. The second-order valence-corrected chi connectivity index (χ2v) is 14.7. The monoisotopic (exact) mass is 642 g/mol. The average molecular weight is 642 g/mol. The van der Waals surface area contributed by atoms with E-state index in [0.29, 0.717) is 29.1 Å². The van der Waals surface area contributed by atoms with Gasteiger partial charge in [-0.1, -0.05) is 12.1 Å². The summed E-state index contributed by atoms with van der Waals surface area (Å²) in [6.07, 6.45) is 0. The van der Waals surface area contributed by atoms with E-state index < -0.39 is 41.8 Å². The normalized spacial score (nSPS) is 12.1. The maximum atomic E-state index is 13.4. The predicted octanol–water partition coefficient (Wildman–Crippen LogP) is 2.18. The van der Waals surface area contributed by atoms with Gasteiger partial charge in [-0.15, -0.1) is 0 Å². The molecule has 10 heteroatoms. The van der Waals surface area contributed by atoms with E-state index in [2.05, 4.69) is 0 Å². The molecular weight excluding hydrogens is 626 g/mol. The maximum absolute atomic E-state index is 13.4. The van der Waals surface area contributed by atoms with E-state index in [4.69, 9.17) is 11.3 Å². The molecule has 0 atom stereocenters. The van der Waals surface area contributed by atoms with Gasteiger partial charge in [-0.25, -0.2) is 9.18 Å². The summed E-state index contributed by atoms with van der Waals surface area (Å²) >= 11 is -3.33. The van der Waals surface area contributed by atoms with Gasteiger partial charge < -0.3 is 8.83 Å². The minimum absolute atomic E-state index is 0.209. The van der Waals surface area contributed by atoms with E-state index in [1.807, 2.05) is 0 Å². The first-order valence-electron chi connectivity index (χ1n) is 11.2. The number of fused-ring (bicyclic) bond motifs is 3. The Morgan fingerprint density at radius 2 is 1.37 bits per heavy atom. The Kier molecular flexibility index (Phi) is 6.09. The van der Waals surface area contributed by atoms with E-state index in [1.54, 1.807) is 66.7 Å². The lowest BCUT2D eigenvalue weighted by atomic mass is 10.1. The van der Waals surface area contributed by atoms with Gasteiger partial charge >= 0.3 is 36.0 Å². The van der Waals surface area contributed by atoms with E-state index >= 15 is 0 Å². The fourth-order valence-corrected chi connectivity index (χ4v) is 11.0. The lowest BCUT2D eigenvalue weighted by Gasteiger charge is -2.08. The highest BCUT2D eigenvalue weighted by Gasteiger charge is 2.38. The Bertz CT molecular complexity index is 2080. The molecule has 0 amide bonds. The van der Waals surface area contributed by atoms with Crippen molar-refractivity contribution >= 4 is 43.0 Å². The lowest BCUT2D eigenvalue weighted by Crippen LogP contribution is -3.85. The standard InChI is InChI=1S/C28H16FIO7S/c29-18-7-11-21(12-8-18)38(33,34)37-30(20-9-5-17-6-14-27(31)36-26(17)16-20)19-10-13-25-23(15-19)28(32)22-3-1-2-4-24(22)35-25/h1-16H/q+1. The van der Waals surface area contributed by atoms with E-state index in [-0.39, 0.29) is 21.3 Å². The highest BCUT2D eigenvalue weighted by atomic mass is 127. The molecular formula is C28H16FIO7S+. The molecule has 2 heterocycles. The Labute approximate surface area is 222 Å².